The van der Waals surface area contributed by atoms with E-state index in [4.69, 9.17) is 0 Å². The van der Waals surface area contributed by atoms with Crippen molar-refractivity contribution in [2.75, 3.05) is 5.32 Å². The smallest absolute Gasteiger partial charge is 0.172 e. The fraction of sp³-hybridized carbons (Fsp3) is 0.400. The fourth-order valence-electron chi connectivity index (χ4n) is 5.53. The van der Waals surface area contributed by atoms with Gasteiger partial charge in [0.2, 0.25) is 0 Å². The van der Waals surface area contributed by atoms with Crippen molar-refractivity contribution in [2.24, 2.45) is 0 Å². The lowest BCUT2D eigenvalue weighted by atomic mass is 9.69. The minimum Gasteiger partial charge on any atom is -0.363 e. The lowest BCUT2D eigenvalue weighted by molar-refractivity contribution is 0.0988. The Kier molecular flexibility index (Phi) is 6.53. The van der Waals surface area contributed by atoms with Gasteiger partial charge in [-0.2, -0.15) is 5.10 Å². The van der Waals surface area contributed by atoms with Gasteiger partial charge in [-0.25, -0.2) is 4.68 Å². The Morgan fingerprint density at radius 1 is 1.12 bits per heavy atom. The van der Waals surface area contributed by atoms with Crippen LogP contribution >= 0.6 is 0 Å². The zero-order chi connectivity index (χ0) is 24.5. The van der Waals surface area contributed by atoms with Gasteiger partial charge in [0.25, 0.3) is 0 Å². The minimum atomic E-state index is -0.212. The molecule has 0 saturated carbocycles. The maximum atomic E-state index is 13.7. The summed E-state index contributed by atoms with van der Waals surface area (Å²) in [4.78, 5) is 13.7. The van der Waals surface area contributed by atoms with Gasteiger partial charge in [0.05, 0.1) is 23.3 Å². The number of fused-ring (bicyclic) bond motifs is 1. The molecule has 4 rings (SSSR count). The van der Waals surface area contributed by atoms with Crippen LogP contribution in [0, 0.1) is 6.92 Å². The van der Waals surface area contributed by atoms with E-state index in [1.165, 1.54) is 16.7 Å². The molecule has 0 fully saturated rings. The van der Waals surface area contributed by atoms with Crippen LogP contribution in [0.25, 0.3) is 0 Å². The van der Waals surface area contributed by atoms with Gasteiger partial charge in [-0.05, 0) is 51.2 Å². The number of nitrogens with one attached hydrogen (secondary N) is 1. The highest BCUT2D eigenvalue weighted by atomic mass is 16.1. The number of allylic oxidation sites excluding steroid dienone is 1. The normalized spacial score (nSPS) is 17.0. The number of aromatic nitrogens is 2. The molecule has 1 atom stereocenters. The van der Waals surface area contributed by atoms with Crippen LogP contribution in [-0.4, -0.2) is 15.6 Å². The zero-order valence-corrected chi connectivity index (χ0v) is 21.2. The highest BCUT2D eigenvalue weighted by Crippen LogP contribution is 2.43. The molecule has 3 aromatic rings. The van der Waals surface area contributed by atoms with Crippen LogP contribution in [0.1, 0.15) is 86.5 Å². The summed E-state index contributed by atoms with van der Waals surface area (Å²) in [5.41, 5.74) is 4.91. The highest BCUT2D eigenvalue weighted by Gasteiger charge is 2.38. The number of nitrogens with zero attached hydrogens (tertiary/aromatic N) is 2. The number of carbonyl (C=O) groups is 1. The number of benzene rings is 2. The molecule has 2 aromatic carbocycles. The number of hydrogen-bond donors (Lipinski definition) is 1. The molecule has 1 aromatic heterocycles. The molecule has 1 aliphatic heterocycles. The van der Waals surface area contributed by atoms with Gasteiger partial charge in [0.1, 0.15) is 5.82 Å². The Labute approximate surface area is 204 Å². The van der Waals surface area contributed by atoms with Crippen molar-refractivity contribution in [3.05, 3.63) is 95.2 Å². The number of Topliss-reactive ketones (excluding diaryl/α,β-unsaturated/α-hetero) is 1. The first kappa shape index (κ1) is 24.0. The molecule has 0 spiro atoms. The Morgan fingerprint density at radius 3 is 2.38 bits per heavy atom. The Morgan fingerprint density at radius 2 is 1.76 bits per heavy atom. The van der Waals surface area contributed by atoms with Gasteiger partial charge in [-0.1, -0.05) is 86.2 Å². The summed E-state index contributed by atoms with van der Waals surface area (Å²) in [6, 6.07) is 19.2. The zero-order valence-electron chi connectivity index (χ0n) is 21.2. The quantitative estimate of drug-likeness (QED) is 0.285. The van der Waals surface area contributed by atoms with E-state index in [2.05, 4.69) is 100 Å². The maximum absolute atomic E-state index is 13.7. The third-order valence-electron chi connectivity index (χ3n) is 7.72. The van der Waals surface area contributed by atoms with E-state index >= 15 is 0 Å². The molecule has 0 unspecified atom stereocenters. The van der Waals surface area contributed by atoms with Crippen LogP contribution in [0.5, 0.6) is 0 Å². The van der Waals surface area contributed by atoms with Crippen molar-refractivity contribution in [3.8, 4) is 0 Å². The second-order valence-corrected chi connectivity index (χ2v) is 10.3. The Bertz CT molecular complexity index is 1170. The van der Waals surface area contributed by atoms with E-state index in [1.807, 2.05) is 10.7 Å². The van der Waals surface area contributed by atoms with E-state index < -0.39 is 0 Å². The van der Waals surface area contributed by atoms with Crippen LogP contribution in [0.15, 0.2) is 72.9 Å². The second kappa shape index (κ2) is 9.25. The summed E-state index contributed by atoms with van der Waals surface area (Å²) in [5, 5.41) is 8.27. The number of carbonyl (C=O) groups excluding carboxylic acids is 1. The van der Waals surface area contributed by atoms with Gasteiger partial charge in [-0.3, -0.25) is 4.79 Å². The van der Waals surface area contributed by atoms with Crippen molar-refractivity contribution in [2.45, 2.75) is 77.3 Å². The molecule has 4 heteroatoms. The monoisotopic (exact) mass is 455 g/mol. The van der Waals surface area contributed by atoms with Crippen LogP contribution in [0.2, 0.25) is 0 Å². The van der Waals surface area contributed by atoms with Crippen LogP contribution in [-0.2, 0) is 11.0 Å². The van der Waals surface area contributed by atoms with Crippen LogP contribution in [0.4, 0.5) is 5.82 Å². The molecular formula is C30H37N3O. The van der Waals surface area contributed by atoms with Gasteiger partial charge in [-0.15, -0.1) is 0 Å². The molecule has 0 radical (unpaired) electrons. The van der Waals surface area contributed by atoms with Crippen molar-refractivity contribution < 1.29 is 4.79 Å². The molecule has 4 nitrogen and oxygen atoms in total. The fourth-order valence-corrected chi connectivity index (χ4v) is 5.53. The summed E-state index contributed by atoms with van der Waals surface area (Å²) in [5.74, 6) is 0.887. The molecule has 0 amide bonds. The number of rotatable bonds is 8. The first-order valence-electron chi connectivity index (χ1n) is 12.4. The summed E-state index contributed by atoms with van der Waals surface area (Å²) < 4.78 is 1.98. The third-order valence-corrected chi connectivity index (χ3v) is 7.72. The number of hydrogen-bond acceptors (Lipinski definition) is 3. The molecular weight excluding hydrogens is 418 g/mol. The van der Waals surface area contributed by atoms with Crippen molar-refractivity contribution in [3.63, 3.8) is 0 Å². The summed E-state index contributed by atoms with van der Waals surface area (Å²) in [7, 11) is 0. The average Bonchev–Trinajstić information content (AvgIpc) is 3.27. The summed E-state index contributed by atoms with van der Waals surface area (Å²) >= 11 is 0. The van der Waals surface area contributed by atoms with Crippen molar-refractivity contribution in [1.82, 2.24) is 9.78 Å². The molecule has 34 heavy (non-hydrogen) atoms. The lowest BCUT2D eigenvalue weighted by Crippen LogP contribution is -2.38. The lowest BCUT2D eigenvalue weighted by Gasteiger charge is -2.38. The van der Waals surface area contributed by atoms with Crippen molar-refractivity contribution >= 4 is 11.6 Å². The van der Waals surface area contributed by atoms with E-state index in [0.29, 0.717) is 12.0 Å². The predicted molar refractivity (Wildman–Crippen MR) is 140 cm³/mol. The van der Waals surface area contributed by atoms with E-state index in [-0.39, 0.29) is 22.8 Å². The molecule has 2 heterocycles. The predicted octanol–water partition coefficient (Wildman–Crippen LogP) is 7.37. The minimum absolute atomic E-state index is 0.0710. The Hall–Kier alpha value is -3.14. The standard InChI is InChI=1S/C30H37N3O/c1-7-30(8-2,24-16-14-21(3)15-17-24)22(4)18-27(34)25-20-31-33-28(25)32-26(19-29(33,5)6)23-12-10-9-11-13-23/h9-17,20,26,32H,4,7-8,18-19H2,1-3,5-6H3/t26-/m1/s1. The maximum Gasteiger partial charge on any atom is 0.172 e. The molecule has 0 aliphatic carbocycles. The van der Waals surface area contributed by atoms with Crippen LogP contribution < -0.4 is 5.32 Å². The first-order chi connectivity index (χ1) is 16.2. The van der Waals surface area contributed by atoms with E-state index in [1.54, 1.807) is 6.20 Å². The first-order valence-corrected chi connectivity index (χ1v) is 12.4. The van der Waals surface area contributed by atoms with Gasteiger partial charge < -0.3 is 5.32 Å². The highest BCUT2D eigenvalue weighted by molar-refractivity contribution is 6.02. The Balaban J connectivity index is 1.63. The molecule has 0 bridgehead atoms. The number of anilines is 1. The third kappa shape index (κ3) is 4.22. The van der Waals surface area contributed by atoms with Crippen molar-refractivity contribution in [1.29, 1.82) is 0 Å². The SMILES string of the molecule is C=C(CC(=O)c1cnn2c1N[C@@H](c1ccccc1)CC2(C)C)C(CC)(CC)c1ccc(C)cc1. The van der Waals surface area contributed by atoms with Gasteiger partial charge in [0, 0.05) is 11.8 Å². The molecule has 0 saturated heterocycles. The molecule has 178 valence electrons. The summed E-state index contributed by atoms with van der Waals surface area (Å²) in [6.45, 7) is 15.3. The average molecular weight is 456 g/mol. The summed E-state index contributed by atoms with van der Waals surface area (Å²) in [6.07, 6.45) is 4.76. The number of ketones is 1. The topological polar surface area (TPSA) is 46.9 Å². The van der Waals surface area contributed by atoms with Gasteiger partial charge >= 0.3 is 0 Å². The van der Waals surface area contributed by atoms with E-state index in [0.717, 1.165) is 30.7 Å². The van der Waals surface area contributed by atoms with Crippen LogP contribution in [0.3, 0.4) is 0 Å². The van der Waals surface area contributed by atoms with Gasteiger partial charge in [0.15, 0.2) is 5.78 Å². The largest absolute Gasteiger partial charge is 0.363 e. The molecule has 1 aliphatic rings. The van der Waals surface area contributed by atoms with E-state index in [9.17, 15) is 4.79 Å². The second-order valence-electron chi connectivity index (χ2n) is 10.3. The molecule has 1 N–H and O–H groups in total. The number of aryl methyl sites for hydroxylation is 1.